The molecule has 5 heteroatoms. The zero-order chi connectivity index (χ0) is 16.7. The van der Waals surface area contributed by atoms with Gasteiger partial charge in [0.1, 0.15) is 0 Å². The van der Waals surface area contributed by atoms with Crippen molar-refractivity contribution < 1.29 is 9.90 Å². The number of carbonyl (C=O) groups is 1. The van der Waals surface area contributed by atoms with Gasteiger partial charge < -0.3 is 20.6 Å². The maximum atomic E-state index is 12.2. The predicted octanol–water partition coefficient (Wildman–Crippen LogP) is 2.48. The number of rotatable bonds is 6. The Hall–Kier alpha value is -2.53. The zero-order valence-electron chi connectivity index (χ0n) is 13.5. The molecule has 0 heterocycles. The predicted molar refractivity (Wildman–Crippen MR) is 93.9 cm³/mol. The Bertz CT molecular complexity index is 629. The molecule has 0 bridgehead atoms. The van der Waals surface area contributed by atoms with E-state index in [-0.39, 0.29) is 18.7 Å². The fourth-order valence-corrected chi connectivity index (χ4v) is 2.37. The minimum absolute atomic E-state index is 0.113. The molecule has 0 aliphatic carbocycles. The summed E-state index contributed by atoms with van der Waals surface area (Å²) >= 11 is 0. The first-order valence-corrected chi connectivity index (χ1v) is 7.59. The molecule has 0 aromatic heterocycles. The Labute approximate surface area is 136 Å². The molecule has 1 unspecified atom stereocenters. The van der Waals surface area contributed by atoms with Crippen molar-refractivity contribution in [3.8, 4) is 0 Å². The summed E-state index contributed by atoms with van der Waals surface area (Å²) in [5, 5.41) is 15.1. The van der Waals surface area contributed by atoms with Crippen LogP contribution in [0.15, 0.2) is 54.6 Å². The highest BCUT2D eigenvalue weighted by atomic mass is 16.3. The highest BCUT2D eigenvalue weighted by molar-refractivity contribution is 5.93. The van der Waals surface area contributed by atoms with Gasteiger partial charge in [-0.2, -0.15) is 0 Å². The van der Waals surface area contributed by atoms with Gasteiger partial charge in [0.2, 0.25) is 0 Å². The molecule has 0 aliphatic heterocycles. The molecule has 1 atom stereocenters. The first-order chi connectivity index (χ1) is 11.1. The molecule has 5 nitrogen and oxygen atoms in total. The molecule has 122 valence electrons. The molecule has 23 heavy (non-hydrogen) atoms. The van der Waals surface area contributed by atoms with Crippen LogP contribution in [0.3, 0.4) is 0 Å². The van der Waals surface area contributed by atoms with Crippen LogP contribution in [0.25, 0.3) is 0 Å². The van der Waals surface area contributed by atoms with Crippen LogP contribution in [-0.2, 0) is 6.42 Å². The van der Waals surface area contributed by atoms with Crippen LogP contribution in [0.4, 0.5) is 16.2 Å². The molecule has 0 radical (unpaired) electrons. The quantitative estimate of drug-likeness (QED) is 0.767. The number of anilines is 2. The highest BCUT2D eigenvalue weighted by Crippen LogP contribution is 2.23. The van der Waals surface area contributed by atoms with Crippen molar-refractivity contribution in [3.05, 3.63) is 60.2 Å². The van der Waals surface area contributed by atoms with Gasteiger partial charge in [0.15, 0.2) is 0 Å². The van der Waals surface area contributed by atoms with Gasteiger partial charge in [-0.25, -0.2) is 4.79 Å². The second kappa shape index (κ2) is 8.19. The number of para-hydroxylation sites is 2. The summed E-state index contributed by atoms with van der Waals surface area (Å²) in [5.74, 6) is 0. The number of nitrogens with zero attached hydrogens (tertiary/aromatic N) is 1. The molecule has 0 fully saturated rings. The third-order valence-electron chi connectivity index (χ3n) is 3.51. The van der Waals surface area contributed by atoms with E-state index in [1.807, 2.05) is 73.6 Å². The molecule has 0 saturated carbocycles. The highest BCUT2D eigenvalue weighted by Gasteiger charge is 2.13. The van der Waals surface area contributed by atoms with Gasteiger partial charge in [-0.1, -0.05) is 42.5 Å². The Balaban J connectivity index is 1.98. The zero-order valence-corrected chi connectivity index (χ0v) is 13.5. The summed E-state index contributed by atoms with van der Waals surface area (Å²) in [6.45, 7) is -0.113. The number of benzene rings is 2. The number of aliphatic hydroxyl groups excluding tert-OH is 1. The van der Waals surface area contributed by atoms with E-state index in [2.05, 4.69) is 10.6 Å². The van der Waals surface area contributed by atoms with Gasteiger partial charge >= 0.3 is 6.03 Å². The fourth-order valence-electron chi connectivity index (χ4n) is 2.37. The van der Waals surface area contributed by atoms with Crippen LogP contribution < -0.4 is 15.5 Å². The number of hydrogen-bond acceptors (Lipinski definition) is 3. The minimum atomic E-state index is -0.330. The Morgan fingerprint density at radius 3 is 2.39 bits per heavy atom. The van der Waals surface area contributed by atoms with Crippen molar-refractivity contribution in [2.45, 2.75) is 12.5 Å². The van der Waals surface area contributed by atoms with Gasteiger partial charge in [-0.15, -0.1) is 0 Å². The minimum Gasteiger partial charge on any atom is -0.394 e. The smallest absolute Gasteiger partial charge is 0.319 e. The largest absolute Gasteiger partial charge is 0.394 e. The molecule has 2 rings (SSSR count). The van der Waals surface area contributed by atoms with E-state index in [1.165, 1.54) is 0 Å². The normalized spacial score (nSPS) is 11.6. The average Bonchev–Trinajstić information content (AvgIpc) is 2.55. The number of nitrogens with one attached hydrogen (secondary N) is 2. The van der Waals surface area contributed by atoms with Crippen molar-refractivity contribution in [1.29, 1.82) is 0 Å². The van der Waals surface area contributed by atoms with Crippen LogP contribution in [0.5, 0.6) is 0 Å². The van der Waals surface area contributed by atoms with Crippen molar-refractivity contribution in [2.75, 3.05) is 30.9 Å². The Morgan fingerprint density at radius 1 is 1.09 bits per heavy atom. The maximum Gasteiger partial charge on any atom is 0.319 e. The van der Waals surface area contributed by atoms with Crippen LogP contribution in [0.1, 0.15) is 5.56 Å². The summed E-state index contributed by atoms with van der Waals surface area (Å²) < 4.78 is 0. The summed E-state index contributed by atoms with van der Waals surface area (Å²) in [5.41, 5.74) is 2.72. The number of aliphatic hydroxyl groups is 1. The SMILES string of the molecule is CN(C)c1ccccc1NC(=O)NC(CO)Cc1ccccc1. The fraction of sp³-hybridized carbons (Fsp3) is 0.278. The summed E-state index contributed by atoms with van der Waals surface area (Å²) in [4.78, 5) is 14.1. The number of carbonyl (C=O) groups excluding carboxylic acids is 1. The Morgan fingerprint density at radius 2 is 1.74 bits per heavy atom. The van der Waals surface area contributed by atoms with E-state index in [9.17, 15) is 9.90 Å². The molecule has 3 N–H and O–H groups in total. The standard InChI is InChI=1S/C18H23N3O2/c1-21(2)17-11-7-6-10-16(17)20-18(23)19-15(13-22)12-14-8-4-3-5-9-14/h3-11,15,22H,12-13H2,1-2H3,(H2,19,20,23). The number of urea groups is 1. The van der Waals surface area contributed by atoms with Gasteiger partial charge in [0.25, 0.3) is 0 Å². The number of hydrogen-bond donors (Lipinski definition) is 3. The van der Waals surface area contributed by atoms with Crippen LogP contribution in [0.2, 0.25) is 0 Å². The summed E-state index contributed by atoms with van der Waals surface area (Å²) in [6.07, 6.45) is 0.583. The van der Waals surface area contributed by atoms with Crippen molar-refractivity contribution in [3.63, 3.8) is 0 Å². The third kappa shape index (κ3) is 5.00. The van der Waals surface area contributed by atoms with E-state index < -0.39 is 0 Å². The van der Waals surface area contributed by atoms with Gasteiger partial charge in [0, 0.05) is 14.1 Å². The topological polar surface area (TPSA) is 64.6 Å². The van der Waals surface area contributed by atoms with Gasteiger partial charge in [-0.05, 0) is 24.1 Å². The lowest BCUT2D eigenvalue weighted by molar-refractivity contribution is 0.224. The molecule has 0 aliphatic rings. The van der Waals surface area contributed by atoms with Crippen LogP contribution >= 0.6 is 0 Å². The second-order valence-electron chi connectivity index (χ2n) is 5.58. The summed E-state index contributed by atoms with van der Waals surface area (Å²) in [7, 11) is 3.84. The third-order valence-corrected chi connectivity index (χ3v) is 3.51. The first-order valence-electron chi connectivity index (χ1n) is 7.59. The number of amides is 2. The lowest BCUT2D eigenvalue weighted by Gasteiger charge is -2.20. The van der Waals surface area contributed by atoms with E-state index in [4.69, 9.17) is 0 Å². The van der Waals surface area contributed by atoms with E-state index in [0.29, 0.717) is 6.42 Å². The van der Waals surface area contributed by atoms with Crippen LogP contribution in [-0.4, -0.2) is 37.9 Å². The molecular formula is C18H23N3O2. The summed E-state index contributed by atoms with van der Waals surface area (Å²) in [6, 6.07) is 16.7. The van der Waals surface area contributed by atoms with Crippen LogP contribution in [0, 0.1) is 0 Å². The molecule has 2 aromatic rings. The molecule has 0 spiro atoms. The molecule has 0 saturated heterocycles. The molecule has 2 aromatic carbocycles. The lowest BCUT2D eigenvalue weighted by atomic mass is 10.1. The lowest BCUT2D eigenvalue weighted by Crippen LogP contribution is -2.41. The Kier molecular flexibility index (Phi) is 6.00. The van der Waals surface area contributed by atoms with E-state index in [1.54, 1.807) is 0 Å². The van der Waals surface area contributed by atoms with Crippen molar-refractivity contribution in [2.24, 2.45) is 0 Å². The van der Waals surface area contributed by atoms with E-state index >= 15 is 0 Å². The van der Waals surface area contributed by atoms with Crippen molar-refractivity contribution in [1.82, 2.24) is 5.32 Å². The molecule has 2 amide bonds. The van der Waals surface area contributed by atoms with Gasteiger partial charge in [-0.3, -0.25) is 0 Å². The van der Waals surface area contributed by atoms with Gasteiger partial charge in [0.05, 0.1) is 24.0 Å². The van der Waals surface area contributed by atoms with E-state index in [0.717, 1.165) is 16.9 Å². The molecular weight excluding hydrogens is 290 g/mol. The average molecular weight is 313 g/mol. The maximum absolute atomic E-state index is 12.2. The monoisotopic (exact) mass is 313 g/mol. The first kappa shape index (κ1) is 16.8. The second-order valence-corrected chi connectivity index (χ2v) is 5.58. The van der Waals surface area contributed by atoms with Crippen molar-refractivity contribution >= 4 is 17.4 Å².